The molecule has 0 bridgehead atoms. The summed E-state index contributed by atoms with van der Waals surface area (Å²) in [6.45, 7) is 5.55. The van der Waals surface area contributed by atoms with E-state index < -0.39 is 0 Å². The number of benzene rings is 1. The summed E-state index contributed by atoms with van der Waals surface area (Å²) in [5, 5.41) is 13.0. The van der Waals surface area contributed by atoms with E-state index in [4.69, 9.17) is 11.6 Å². The molecule has 2 N–H and O–H groups in total. The van der Waals surface area contributed by atoms with E-state index in [1.165, 1.54) is 0 Å². The summed E-state index contributed by atoms with van der Waals surface area (Å²) in [7, 11) is 0. The lowest BCUT2D eigenvalue weighted by Crippen LogP contribution is -2.46. The predicted molar refractivity (Wildman–Crippen MR) is 85.8 cm³/mol. The molecule has 2 amide bonds. The monoisotopic (exact) mass is 310 g/mol. The number of rotatable bonds is 3. The van der Waals surface area contributed by atoms with Crippen molar-refractivity contribution in [2.45, 2.75) is 33.1 Å². The van der Waals surface area contributed by atoms with Crippen LogP contribution in [0.2, 0.25) is 5.02 Å². The third-order valence-electron chi connectivity index (χ3n) is 4.63. The summed E-state index contributed by atoms with van der Waals surface area (Å²) in [5.41, 5.74) is 1.58. The molecule has 1 aromatic rings. The van der Waals surface area contributed by atoms with Crippen molar-refractivity contribution in [1.29, 1.82) is 0 Å². The fourth-order valence-electron chi connectivity index (χ4n) is 2.75. The van der Waals surface area contributed by atoms with E-state index in [1.807, 2.05) is 19.1 Å². The number of likely N-dealkylation sites (tertiary alicyclic amines) is 1. The van der Waals surface area contributed by atoms with Crippen LogP contribution in [0.25, 0.3) is 0 Å². The van der Waals surface area contributed by atoms with Crippen LogP contribution >= 0.6 is 11.6 Å². The normalized spacial score (nSPS) is 17.6. The Hall–Kier alpha value is -1.26. The van der Waals surface area contributed by atoms with Crippen LogP contribution in [0.15, 0.2) is 18.2 Å². The average molecular weight is 311 g/mol. The Kier molecular flexibility index (Phi) is 5.12. The third-order valence-corrected chi connectivity index (χ3v) is 5.13. The van der Waals surface area contributed by atoms with Crippen LogP contribution < -0.4 is 5.32 Å². The number of hydrogen-bond acceptors (Lipinski definition) is 2. The van der Waals surface area contributed by atoms with E-state index in [2.05, 4.69) is 12.2 Å². The van der Waals surface area contributed by atoms with E-state index in [9.17, 15) is 9.90 Å². The largest absolute Gasteiger partial charge is 0.396 e. The topological polar surface area (TPSA) is 52.6 Å². The summed E-state index contributed by atoms with van der Waals surface area (Å²) in [6.07, 6.45) is 2.63. The molecule has 1 heterocycles. The van der Waals surface area contributed by atoms with Crippen molar-refractivity contribution in [3.8, 4) is 0 Å². The van der Waals surface area contributed by atoms with E-state index in [0.717, 1.165) is 24.8 Å². The quantitative estimate of drug-likeness (QED) is 0.895. The van der Waals surface area contributed by atoms with Crippen molar-refractivity contribution < 1.29 is 9.90 Å². The van der Waals surface area contributed by atoms with Gasteiger partial charge in [0.05, 0.1) is 10.7 Å². The van der Waals surface area contributed by atoms with Crippen LogP contribution in [0.1, 0.15) is 31.7 Å². The molecule has 0 saturated carbocycles. The minimum atomic E-state index is -0.120. The Morgan fingerprint density at radius 1 is 1.43 bits per heavy atom. The molecule has 0 spiro atoms. The van der Waals surface area contributed by atoms with Gasteiger partial charge in [0.1, 0.15) is 0 Å². The SMILES string of the molecule is CCC1(CO)CCN(C(=O)Nc2cccc(C)c2Cl)CC1. The van der Waals surface area contributed by atoms with Crippen LogP contribution in [-0.2, 0) is 0 Å². The summed E-state index contributed by atoms with van der Waals surface area (Å²) < 4.78 is 0. The minimum Gasteiger partial charge on any atom is -0.396 e. The lowest BCUT2D eigenvalue weighted by Gasteiger charge is -2.40. The lowest BCUT2D eigenvalue weighted by molar-refractivity contribution is 0.0542. The van der Waals surface area contributed by atoms with Gasteiger partial charge in [0.2, 0.25) is 0 Å². The second kappa shape index (κ2) is 6.67. The highest BCUT2D eigenvalue weighted by Crippen LogP contribution is 2.34. The van der Waals surface area contributed by atoms with E-state index >= 15 is 0 Å². The number of aryl methyl sites for hydroxylation is 1. The number of nitrogens with one attached hydrogen (secondary N) is 1. The summed E-state index contributed by atoms with van der Waals surface area (Å²) >= 11 is 6.20. The number of hydrogen-bond donors (Lipinski definition) is 2. The molecule has 1 saturated heterocycles. The molecule has 0 atom stereocenters. The van der Waals surface area contributed by atoms with Crippen LogP contribution in [0.5, 0.6) is 0 Å². The van der Waals surface area contributed by atoms with Crippen LogP contribution in [-0.4, -0.2) is 35.7 Å². The first-order valence-corrected chi connectivity index (χ1v) is 7.81. The number of carbonyl (C=O) groups excluding carboxylic acids is 1. The molecule has 1 aromatic carbocycles. The first-order chi connectivity index (χ1) is 10.0. The molecule has 0 aromatic heterocycles. The fraction of sp³-hybridized carbons (Fsp3) is 0.562. The van der Waals surface area contributed by atoms with Crippen molar-refractivity contribution in [2.24, 2.45) is 5.41 Å². The Bertz CT molecular complexity index is 505. The number of carbonyl (C=O) groups is 1. The number of amides is 2. The van der Waals surface area contributed by atoms with Gasteiger partial charge in [-0.1, -0.05) is 30.7 Å². The zero-order chi connectivity index (χ0) is 15.5. The highest BCUT2D eigenvalue weighted by molar-refractivity contribution is 6.34. The number of nitrogens with zero attached hydrogens (tertiary/aromatic N) is 1. The maximum Gasteiger partial charge on any atom is 0.321 e. The van der Waals surface area contributed by atoms with Gasteiger partial charge in [-0.05, 0) is 43.2 Å². The minimum absolute atomic E-state index is 0.0161. The predicted octanol–water partition coefficient (Wildman–Crippen LogP) is 3.66. The molecule has 1 aliphatic heterocycles. The van der Waals surface area contributed by atoms with Gasteiger partial charge in [-0.3, -0.25) is 0 Å². The van der Waals surface area contributed by atoms with Gasteiger partial charge in [0.15, 0.2) is 0 Å². The van der Waals surface area contributed by atoms with Crippen molar-refractivity contribution >= 4 is 23.3 Å². The summed E-state index contributed by atoms with van der Waals surface area (Å²) in [5.74, 6) is 0. The van der Waals surface area contributed by atoms with Gasteiger partial charge in [-0.15, -0.1) is 0 Å². The van der Waals surface area contributed by atoms with Gasteiger partial charge < -0.3 is 15.3 Å². The molecule has 2 rings (SSSR count). The standard InChI is InChI=1S/C16H23ClN2O2/c1-3-16(11-20)7-9-19(10-8-16)15(21)18-13-6-4-5-12(2)14(13)17/h4-6,20H,3,7-11H2,1-2H3,(H,18,21). The number of aliphatic hydroxyl groups excluding tert-OH is 1. The molecule has 1 fully saturated rings. The number of piperidine rings is 1. The number of urea groups is 1. The van der Waals surface area contributed by atoms with E-state index in [-0.39, 0.29) is 18.1 Å². The molecule has 0 aliphatic carbocycles. The van der Waals surface area contributed by atoms with Gasteiger partial charge >= 0.3 is 6.03 Å². The highest BCUT2D eigenvalue weighted by Gasteiger charge is 2.33. The van der Waals surface area contributed by atoms with Crippen LogP contribution in [0.4, 0.5) is 10.5 Å². The number of aliphatic hydroxyl groups is 1. The first-order valence-electron chi connectivity index (χ1n) is 7.43. The molecule has 4 nitrogen and oxygen atoms in total. The molecule has 0 radical (unpaired) electrons. The van der Waals surface area contributed by atoms with Gasteiger partial charge in [0, 0.05) is 19.7 Å². The first kappa shape index (κ1) is 16.1. The average Bonchev–Trinajstić information content (AvgIpc) is 2.52. The Morgan fingerprint density at radius 3 is 2.67 bits per heavy atom. The maximum absolute atomic E-state index is 12.3. The zero-order valence-electron chi connectivity index (χ0n) is 12.7. The lowest BCUT2D eigenvalue weighted by atomic mass is 9.77. The summed E-state index contributed by atoms with van der Waals surface area (Å²) in [6, 6.07) is 5.47. The molecule has 0 unspecified atom stereocenters. The van der Waals surface area contributed by atoms with Crippen molar-refractivity contribution in [2.75, 3.05) is 25.0 Å². The van der Waals surface area contributed by atoms with E-state index in [0.29, 0.717) is 23.8 Å². The third kappa shape index (κ3) is 3.50. The van der Waals surface area contributed by atoms with Gasteiger partial charge in [-0.2, -0.15) is 0 Å². The molecule has 5 heteroatoms. The molecule has 116 valence electrons. The second-order valence-corrected chi connectivity index (χ2v) is 6.24. The smallest absolute Gasteiger partial charge is 0.321 e. The van der Waals surface area contributed by atoms with Gasteiger partial charge in [-0.25, -0.2) is 4.79 Å². The Balaban J connectivity index is 1.98. The van der Waals surface area contributed by atoms with Crippen molar-refractivity contribution in [3.63, 3.8) is 0 Å². The van der Waals surface area contributed by atoms with Crippen LogP contribution in [0, 0.1) is 12.3 Å². The number of halogens is 1. The number of anilines is 1. The Labute approximate surface area is 131 Å². The highest BCUT2D eigenvalue weighted by atomic mass is 35.5. The molecule has 1 aliphatic rings. The zero-order valence-corrected chi connectivity index (χ0v) is 13.4. The van der Waals surface area contributed by atoms with Gasteiger partial charge in [0.25, 0.3) is 0 Å². The molecular weight excluding hydrogens is 288 g/mol. The fourth-order valence-corrected chi connectivity index (χ4v) is 2.92. The second-order valence-electron chi connectivity index (χ2n) is 5.87. The maximum atomic E-state index is 12.3. The molecular formula is C16H23ClN2O2. The van der Waals surface area contributed by atoms with Crippen LogP contribution in [0.3, 0.4) is 0 Å². The summed E-state index contributed by atoms with van der Waals surface area (Å²) in [4.78, 5) is 14.1. The Morgan fingerprint density at radius 2 is 2.10 bits per heavy atom. The van der Waals surface area contributed by atoms with Crippen molar-refractivity contribution in [1.82, 2.24) is 4.90 Å². The molecule has 21 heavy (non-hydrogen) atoms. The van der Waals surface area contributed by atoms with Crippen molar-refractivity contribution in [3.05, 3.63) is 28.8 Å². The van der Waals surface area contributed by atoms with E-state index in [1.54, 1.807) is 11.0 Å².